The van der Waals surface area contributed by atoms with Crippen molar-refractivity contribution in [2.75, 3.05) is 24.3 Å². The Balaban J connectivity index is 1.55. The third kappa shape index (κ3) is 5.35. The summed E-state index contributed by atoms with van der Waals surface area (Å²) in [6, 6.07) is 27.5. The van der Waals surface area contributed by atoms with Gasteiger partial charge in [-0.1, -0.05) is 60.7 Å². The van der Waals surface area contributed by atoms with Crippen molar-refractivity contribution in [2.24, 2.45) is 0 Å². The predicted octanol–water partition coefficient (Wildman–Crippen LogP) is 4.83. The van der Waals surface area contributed by atoms with Gasteiger partial charge in [-0.05, 0) is 35.4 Å². The molecule has 162 valence electrons. The van der Waals surface area contributed by atoms with Gasteiger partial charge in [0.1, 0.15) is 12.2 Å². The van der Waals surface area contributed by atoms with Crippen molar-refractivity contribution >= 4 is 17.3 Å². The molecule has 0 spiro atoms. The summed E-state index contributed by atoms with van der Waals surface area (Å²) in [4.78, 5) is 15.1. The third-order valence-corrected chi connectivity index (χ3v) is 5.02. The molecule has 4 aromatic rings. The van der Waals surface area contributed by atoms with Crippen LogP contribution in [-0.2, 0) is 13.2 Å². The van der Waals surface area contributed by atoms with Crippen molar-refractivity contribution in [1.29, 1.82) is 0 Å². The van der Waals surface area contributed by atoms with E-state index in [1.807, 2.05) is 104 Å². The minimum Gasteiger partial charge on any atom is -0.471 e. The van der Waals surface area contributed by atoms with Crippen LogP contribution in [0.25, 0.3) is 0 Å². The van der Waals surface area contributed by atoms with Gasteiger partial charge in [0.2, 0.25) is 5.88 Å². The van der Waals surface area contributed by atoms with Gasteiger partial charge in [0, 0.05) is 31.7 Å². The number of rotatable bonds is 8. The van der Waals surface area contributed by atoms with Gasteiger partial charge < -0.3 is 15.0 Å². The minimum absolute atomic E-state index is 0.259. The summed E-state index contributed by atoms with van der Waals surface area (Å²) in [5.41, 5.74) is 4.27. The molecule has 0 aliphatic carbocycles. The molecule has 0 saturated heterocycles. The minimum atomic E-state index is -0.259. The Bertz CT molecular complexity index is 1150. The number of hydrogen-bond donors (Lipinski definition) is 1. The van der Waals surface area contributed by atoms with Crippen LogP contribution in [0.2, 0.25) is 0 Å². The SMILES string of the molecule is CN(C)c1ccc(NC(=O)c2cn(Cc3ccccc3)nc2OCc2ccccc2)cc1. The molecule has 6 heteroatoms. The molecule has 1 N–H and O–H groups in total. The number of carbonyl (C=O) groups excluding carboxylic acids is 1. The topological polar surface area (TPSA) is 59.4 Å². The van der Waals surface area contributed by atoms with Crippen LogP contribution in [0.4, 0.5) is 11.4 Å². The highest BCUT2D eigenvalue weighted by atomic mass is 16.5. The molecule has 0 fully saturated rings. The quantitative estimate of drug-likeness (QED) is 0.438. The zero-order chi connectivity index (χ0) is 22.3. The molecule has 0 atom stereocenters. The maximum Gasteiger partial charge on any atom is 0.262 e. The van der Waals surface area contributed by atoms with Crippen molar-refractivity contribution in [3.05, 3.63) is 108 Å². The molecule has 0 saturated carbocycles. The first-order chi connectivity index (χ1) is 15.6. The van der Waals surface area contributed by atoms with E-state index in [4.69, 9.17) is 4.74 Å². The van der Waals surface area contributed by atoms with E-state index < -0.39 is 0 Å². The lowest BCUT2D eigenvalue weighted by Crippen LogP contribution is -2.13. The Morgan fingerprint density at radius 1 is 0.906 bits per heavy atom. The van der Waals surface area contributed by atoms with Crippen LogP contribution in [0.15, 0.2) is 91.1 Å². The van der Waals surface area contributed by atoms with Crippen LogP contribution in [0.3, 0.4) is 0 Å². The Morgan fingerprint density at radius 2 is 1.53 bits per heavy atom. The van der Waals surface area contributed by atoms with Gasteiger partial charge in [0.05, 0.1) is 6.54 Å². The van der Waals surface area contributed by atoms with Gasteiger partial charge in [-0.3, -0.25) is 9.48 Å². The number of nitrogens with one attached hydrogen (secondary N) is 1. The Hall–Kier alpha value is -4.06. The van der Waals surface area contributed by atoms with Gasteiger partial charge in [-0.2, -0.15) is 0 Å². The van der Waals surface area contributed by atoms with Gasteiger partial charge in [-0.15, -0.1) is 5.10 Å². The highest BCUT2D eigenvalue weighted by Crippen LogP contribution is 2.22. The monoisotopic (exact) mass is 426 g/mol. The average Bonchev–Trinajstić information content (AvgIpc) is 3.22. The fourth-order valence-corrected chi connectivity index (χ4v) is 3.28. The molecule has 3 aromatic carbocycles. The summed E-state index contributed by atoms with van der Waals surface area (Å²) in [7, 11) is 3.95. The lowest BCUT2D eigenvalue weighted by molar-refractivity contribution is 0.102. The highest BCUT2D eigenvalue weighted by Gasteiger charge is 2.19. The Labute approximate surface area is 188 Å². The molecule has 1 heterocycles. The molecular formula is C26H26N4O2. The predicted molar refractivity (Wildman–Crippen MR) is 127 cm³/mol. The molecule has 0 aliphatic heterocycles. The van der Waals surface area contributed by atoms with E-state index >= 15 is 0 Å². The number of aromatic nitrogens is 2. The van der Waals surface area contributed by atoms with E-state index in [0.717, 1.165) is 16.8 Å². The average molecular weight is 427 g/mol. The fourth-order valence-electron chi connectivity index (χ4n) is 3.28. The van der Waals surface area contributed by atoms with Gasteiger partial charge in [0.15, 0.2) is 0 Å². The number of benzene rings is 3. The number of hydrogen-bond acceptors (Lipinski definition) is 4. The van der Waals surface area contributed by atoms with Crippen molar-refractivity contribution in [1.82, 2.24) is 9.78 Å². The summed E-state index contributed by atoms with van der Waals surface area (Å²) in [6.45, 7) is 0.883. The second-order valence-corrected chi connectivity index (χ2v) is 7.70. The van der Waals surface area contributed by atoms with E-state index in [0.29, 0.717) is 30.3 Å². The smallest absolute Gasteiger partial charge is 0.262 e. The number of amides is 1. The van der Waals surface area contributed by atoms with Gasteiger partial charge in [0.25, 0.3) is 5.91 Å². The van der Waals surface area contributed by atoms with E-state index in [9.17, 15) is 4.79 Å². The summed E-state index contributed by atoms with van der Waals surface area (Å²) in [5, 5.41) is 7.50. The first-order valence-corrected chi connectivity index (χ1v) is 10.5. The van der Waals surface area contributed by atoms with E-state index in [-0.39, 0.29) is 5.91 Å². The Kier molecular flexibility index (Phi) is 6.51. The van der Waals surface area contributed by atoms with Gasteiger partial charge in [-0.25, -0.2) is 0 Å². The molecule has 4 rings (SSSR count). The summed E-state index contributed by atoms with van der Waals surface area (Å²) >= 11 is 0. The first-order valence-electron chi connectivity index (χ1n) is 10.5. The lowest BCUT2D eigenvalue weighted by Gasteiger charge is -2.13. The van der Waals surface area contributed by atoms with Crippen LogP contribution in [-0.4, -0.2) is 29.8 Å². The van der Waals surface area contributed by atoms with Crippen molar-refractivity contribution < 1.29 is 9.53 Å². The molecule has 0 unspecified atom stereocenters. The number of anilines is 2. The van der Waals surface area contributed by atoms with E-state index in [1.165, 1.54) is 0 Å². The fraction of sp³-hybridized carbons (Fsp3) is 0.154. The van der Waals surface area contributed by atoms with E-state index in [1.54, 1.807) is 10.9 Å². The molecule has 0 aliphatic rings. The van der Waals surface area contributed by atoms with Crippen molar-refractivity contribution in [3.8, 4) is 5.88 Å². The molecule has 0 bridgehead atoms. The van der Waals surface area contributed by atoms with Crippen molar-refractivity contribution in [2.45, 2.75) is 13.2 Å². The molecule has 6 nitrogen and oxygen atoms in total. The van der Waals surface area contributed by atoms with Crippen LogP contribution in [0, 0.1) is 0 Å². The summed E-state index contributed by atoms with van der Waals surface area (Å²) < 4.78 is 7.69. The molecule has 1 aromatic heterocycles. The standard InChI is InChI=1S/C26H26N4O2/c1-29(2)23-15-13-22(14-16-23)27-25(31)24-18-30(17-20-9-5-3-6-10-20)28-26(24)32-19-21-11-7-4-8-12-21/h3-16,18H,17,19H2,1-2H3,(H,27,31). The first kappa shape index (κ1) is 21.2. The molecular weight excluding hydrogens is 400 g/mol. The van der Waals surface area contributed by atoms with Crippen LogP contribution in [0.5, 0.6) is 5.88 Å². The molecule has 1 amide bonds. The van der Waals surface area contributed by atoms with Crippen LogP contribution >= 0.6 is 0 Å². The van der Waals surface area contributed by atoms with Crippen molar-refractivity contribution in [3.63, 3.8) is 0 Å². The Morgan fingerprint density at radius 3 is 2.16 bits per heavy atom. The normalized spacial score (nSPS) is 10.6. The second-order valence-electron chi connectivity index (χ2n) is 7.70. The molecule has 0 radical (unpaired) electrons. The maximum atomic E-state index is 13.1. The largest absolute Gasteiger partial charge is 0.471 e. The maximum absolute atomic E-state index is 13.1. The zero-order valence-electron chi connectivity index (χ0n) is 18.2. The zero-order valence-corrected chi connectivity index (χ0v) is 18.2. The number of carbonyl (C=O) groups is 1. The van der Waals surface area contributed by atoms with E-state index in [2.05, 4.69) is 10.4 Å². The number of nitrogens with zero attached hydrogens (tertiary/aromatic N) is 3. The molecule has 32 heavy (non-hydrogen) atoms. The second kappa shape index (κ2) is 9.83. The lowest BCUT2D eigenvalue weighted by atomic mass is 10.2. The highest BCUT2D eigenvalue weighted by molar-refractivity contribution is 6.05. The third-order valence-electron chi connectivity index (χ3n) is 5.02. The van der Waals surface area contributed by atoms with Gasteiger partial charge >= 0.3 is 0 Å². The van der Waals surface area contributed by atoms with Crippen LogP contribution < -0.4 is 15.0 Å². The van der Waals surface area contributed by atoms with Crippen LogP contribution in [0.1, 0.15) is 21.5 Å². The summed E-state index contributed by atoms with van der Waals surface area (Å²) in [6.07, 6.45) is 1.73. The summed E-state index contributed by atoms with van der Waals surface area (Å²) in [5.74, 6) is 0.0529. The number of ether oxygens (including phenoxy) is 1.